The summed E-state index contributed by atoms with van der Waals surface area (Å²) in [6, 6.07) is 17.5. The number of hydrogen-bond acceptors (Lipinski definition) is 5. The maximum atomic E-state index is 12.8. The number of hydrogen-bond donors (Lipinski definition) is 1. The van der Waals surface area contributed by atoms with E-state index in [2.05, 4.69) is 4.98 Å². The topological polar surface area (TPSA) is 84.8 Å². The molecule has 1 N–H and O–H groups in total. The van der Waals surface area contributed by atoms with Gasteiger partial charge >= 0.3 is 5.97 Å². The molecule has 28 heavy (non-hydrogen) atoms. The van der Waals surface area contributed by atoms with Gasteiger partial charge in [-0.2, -0.15) is 0 Å². The van der Waals surface area contributed by atoms with Crippen LogP contribution in [0.4, 0.5) is 0 Å². The highest BCUT2D eigenvalue weighted by Gasteiger charge is 2.12. The first-order chi connectivity index (χ1) is 13.6. The Labute approximate surface area is 161 Å². The minimum atomic E-state index is -0.995. The molecule has 0 aliphatic heterocycles. The third-order valence-electron chi connectivity index (χ3n) is 4.44. The molecule has 0 aliphatic rings. The summed E-state index contributed by atoms with van der Waals surface area (Å²) in [5.41, 5.74) is 2.28. The second-order valence-electron chi connectivity index (χ2n) is 6.22. The molecule has 0 unspecified atom stereocenters. The van der Waals surface area contributed by atoms with Crippen molar-refractivity contribution in [3.63, 3.8) is 0 Å². The molecule has 2 aromatic carbocycles. The normalized spacial score (nSPS) is 12.2. The van der Waals surface area contributed by atoms with E-state index in [1.54, 1.807) is 40.8 Å². The summed E-state index contributed by atoms with van der Waals surface area (Å²) in [5.74, 6) is 0.0561. The quantitative estimate of drug-likeness (QED) is 0.512. The molecule has 3 aromatic heterocycles. The lowest BCUT2D eigenvalue weighted by atomic mass is 10.1. The fourth-order valence-corrected chi connectivity index (χ4v) is 4.10. The monoisotopic (exact) mass is 388 g/mol. The number of fused-ring (bicyclic) bond motifs is 3. The third kappa shape index (κ3) is 2.60. The van der Waals surface area contributed by atoms with E-state index >= 15 is 0 Å². The molecule has 136 valence electrons. The van der Waals surface area contributed by atoms with E-state index in [-0.39, 0.29) is 11.1 Å². The number of benzene rings is 2. The Morgan fingerprint density at radius 3 is 2.82 bits per heavy atom. The van der Waals surface area contributed by atoms with E-state index in [1.165, 1.54) is 17.4 Å². The van der Waals surface area contributed by atoms with Crippen molar-refractivity contribution in [1.82, 2.24) is 9.38 Å². The summed E-state index contributed by atoms with van der Waals surface area (Å²) in [6.45, 7) is 0. The van der Waals surface area contributed by atoms with Crippen molar-refractivity contribution in [3.8, 4) is 11.3 Å². The number of carbonyl (C=O) groups is 1. The van der Waals surface area contributed by atoms with Gasteiger partial charge in [0.2, 0.25) is 0 Å². The van der Waals surface area contributed by atoms with Crippen LogP contribution in [0.25, 0.3) is 33.4 Å². The van der Waals surface area contributed by atoms with E-state index in [0.29, 0.717) is 26.6 Å². The molecule has 3 heterocycles. The molecule has 0 bridgehead atoms. The molecule has 0 saturated carbocycles. The molecule has 0 saturated heterocycles. The molecular weight excluding hydrogens is 376 g/mol. The first kappa shape index (κ1) is 16.5. The van der Waals surface area contributed by atoms with Crippen LogP contribution in [-0.4, -0.2) is 20.5 Å². The maximum absolute atomic E-state index is 12.8. The van der Waals surface area contributed by atoms with Crippen LogP contribution in [0.5, 0.6) is 0 Å². The predicted octanol–water partition coefficient (Wildman–Crippen LogP) is 3.42. The molecule has 0 atom stereocenters. The van der Waals surface area contributed by atoms with Crippen molar-refractivity contribution in [3.05, 3.63) is 86.9 Å². The second kappa shape index (κ2) is 6.17. The maximum Gasteiger partial charge on any atom is 0.335 e. The first-order valence-corrected chi connectivity index (χ1v) is 9.27. The molecule has 7 heteroatoms. The van der Waals surface area contributed by atoms with Crippen molar-refractivity contribution in [2.24, 2.45) is 0 Å². The fourth-order valence-electron chi connectivity index (χ4n) is 3.13. The molecule has 6 nitrogen and oxygen atoms in total. The van der Waals surface area contributed by atoms with Gasteiger partial charge in [-0.05, 0) is 36.4 Å². The Morgan fingerprint density at radius 1 is 1.11 bits per heavy atom. The number of aromatic carboxylic acids is 1. The van der Waals surface area contributed by atoms with Crippen LogP contribution in [0, 0.1) is 0 Å². The van der Waals surface area contributed by atoms with Gasteiger partial charge in [-0.15, -0.1) is 0 Å². The summed E-state index contributed by atoms with van der Waals surface area (Å²) in [7, 11) is 0. The standard InChI is InChI=1S/C21H12N2O4S/c24-19-18(28-21-22-15-6-1-2-7-16(15)23(19)21)11-14-8-9-17(27-14)12-4-3-5-13(10-12)20(25)26/h1-11H,(H,25,26)/b18-11-. The number of imidazole rings is 1. The number of nitrogens with zero attached hydrogens (tertiary/aromatic N) is 2. The van der Waals surface area contributed by atoms with Gasteiger partial charge in [0.1, 0.15) is 16.1 Å². The minimum Gasteiger partial charge on any atom is -0.478 e. The zero-order chi connectivity index (χ0) is 19.3. The van der Waals surface area contributed by atoms with Gasteiger partial charge in [0.05, 0.1) is 16.6 Å². The minimum absolute atomic E-state index is 0.139. The summed E-state index contributed by atoms with van der Waals surface area (Å²) in [4.78, 5) is 29.1. The van der Waals surface area contributed by atoms with Crippen LogP contribution in [0.1, 0.15) is 16.1 Å². The first-order valence-electron chi connectivity index (χ1n) is 8.45. The molecular formula is C21H12N2O4S. The van der Waals surface area contributed by atoms with Crippen molar-refractivity contribution in [2.75, 3.05) is 0 Å². The second-order valence-corrected chi connectivity index (χ2v) is 7.23. The van der Waals surface area contributed by atoms with Crippen molar-refractivity contribution in [1.29, 1.82) is 0 Å². The number of aromatic nitrogens is 2. The van der Waals surface area contributed by atoms with E-state index in [1.807, 2.05) is 24.3 Å². The summed E-state index contributed by atoms with van der Waals surface area (Å²) < 4.78 is 7.94. The fraction of sp³-hybridized carbons (Fsp3) is 0. The van der Waals surface area contributed by atoms with Gasteiger partial charge in [0.15, 0.2) is 4.96 Å². The highest BCUT2D eigenvalue weighted by Crippen LogP contribution is 2.24. The summed E-state index contributed by atoms with van der Waals surface area (Å²) in [5, 5.41) is 9.13. The lowest BCUT2D eigenvalue weighted by molar-refractivity contribution is 0.0697. The van der Waals surface area contributed by atoms with E-state index in [4.69, 9.17) is 9.52 Å². The highest BCUT2D eigenvalue weighted by molar-refractivity contribution is 7.15. The lowest BCUT2D eigenvalue weighted by Crippen LogP contribution is -2.22. The Kier molecular flexibility index (Phi) is 3.63. The van der Waals surface area contributed by atoms with Gasteiger partial charge in [0, 0.05) is 11.6 Å². The average molecular weight is 388 g/mol. The zero-order valence-corrected chi connectivity index (χ0v) is 15.1. The van der Waals surface area contributed by atoms with Gasteiger partial charge in [-0.25, -0.2) is 14.2 Å². The average Bonchev–Trinajstić information content (AvgIpc) is 3.38. The Bertz CT molecular complexity index is 1480. The number of rotatable bonds is 3. The largest absolute Gasteiger partial charge is 0.478 e. The Hall–Kier alpha value is -3.71. The molecule has 0 radical (unpaired) electrons. The molecule has 5 rings (SSSR count). The SMILES string of the molecule is O=C(O)c1cccc(-c2ccc(/C=c3\sc4nc5ccccc5n4c3=O)o2)c1. The molecule has 0 spiro atoms. The number of furan rings is 1. The molecule has 5 aromatic rings. The summed E-state index contributed by atoms with van der Waals surface area (Å²) >= 11 is 1.30. The number of carboxylic acid groups (broad SMARTS) is 1. The van der Waals surface area contributed by atoms with Crippen LogP contribution < -0.4 is 10.1 Å². The zero-order valence-electron chi connectivity index (χ0n) is 14.3. The van der Waals surface area contributed by atoms with Crippen LogP contribution in [-0.2, 0) is 0 Å². The van der Waals surface area contributed by atoms with E-state index < -0.39 is 5.97 Å². The highest BCUT2D eigenvalue weighted by atomic mass is 32.1. The third-order valence-corrected chi connectivity index (χ3v) is 5.41. The van der Waals surface area contributed by atoms with Gasteiger partial charge in [-0.1, -0.05) is 35.6 Å². The number of carboxylic acids is 1. The Balaban J connectivity index is 1.59. The molecule has 0 amide bonds. The Morgan fingerprint density at radius 2 is 1.96 bits per heavy atom. The van der Waals surface area contributed by atoms with E-state index in [0.717, 1.165) is 11.0 Å². The predicted molar refractivity (Wildman–Crippen MR) is 107 cm³/mol. The number of thiazole rings is 1. The number of para-hydroxylation sites is 2. The van der Waals surface area contributed by atoms with Crippen LogP contribution in [0.3, 0.4) is 0 Å². The molecule has 0 aliphatic carbocycles. The van der Waals surface area contributed by atoms with Gasteiger partial charge < -0.3 is 9.52 Å². The van der Waals surface area contributed by atoms with Crippen LogP contribution in [0.2, 0.25) is 0 Å². The van der Waals surface area contributed by atoms with Gasteiger partial charge in [-0.3, -0.25) is 4.79 Å². The summed E-state index contributed by atoms with van der Waals surface area (Å²) in [6.07, 6.45) is 1.68. The lowest BCUT2D eigenvalue weighted by Gasteiger charge is -1.98. The van der Waals surface area contributed by atoms with Crippen LogP contribution in [0.15, 0.2) is 69.9 Å². The van der Waals surface area contributed by atoms with Crippen molar-refractivity contribution in [2.45, 2.75) is 0 Å². The smallest absolute Gasteiger partial charge is 0.335 e. The van der Waals surface area contributed by atoms with Crippen molar-refractivity contribution >= 4 is 39.4 Å². The van der Waals surface area contributed by atoms with Gasteiger partial charge in [0.25, 0.3) is 5.56 Å². The molecule has 0 fully saturated rings. The van der Waals surface area contributed by atoms with E-state index in [9.17, 15) is 9.59 Å². The van der Waals surface area contributed by atoms with Crippen LogP contribution >= 0.6 is 11.3 Å². The van der Waals surface area contributed by atoms with Crippen molar-refractivity contribution < 1.29 is 14.3 Å².